The molecule has 25 heavy (non-hydrogen) atoms. The van der Waals surface area contributed by atoms with Crippen LogP contribution in [0.2, 0.25) is 0 Å². The van der Waals surface area contributed by atoms with Gasteiger partial charge >= 0.3 is 0 Å². The van der Waals surface area contributed by atoms with Gasteiger partial charge in [0, 0.05) is 24.6 Å². The molecule has 3 amide bonds. The lowest BCUT2D eigenvalue weighted by Crippen LogP contribution is -2.52. The van der Waals surface area contributed by atoms with Crippen LogP contribution in [0.1, 0.15) is 48.0 Å². The van der Waals surface area contributed by atoms with Crippen molar-refractivity contribution >= 4 is 17.7 Å². The van der Waals surface area contributed by atoms with Crippen LogP contribution in [0.4, 0.5) is 0 Å². The van der Waals surface area contributed by atoms with Gasteiger partial charge in [-0.05, 0) is 49.4 Å². The van der Waals surface area contributed by atoms with E-state index in [9.17, 15) is 14.4 Å². The summed E-state index contributed by atoms with van der Waals surface area (Å²) in [4.78, 5) is 37.5. The molecule has 3 atom stereocenters. The Morgan fingerprint density at radius 3 is 2.72 bits per heavy atom. The Labute approximate surface area is 145 Å². The Kier molecular flexibility index (Phi) is 3.95. The molecule has 4 rings (SSSR count). The minimum Gasteiger partial charge on any atom is -0.489 e. The Morgan fingerprint density at radius 2 is 2.00 bits per heavy atom. The fourth-order valence-corrected chi connectivity index (χ4v) is 3.90. The second-order valence-corrected chi connectivity index (χ2v) is 6.97. The second-order valence-electron chi connectivity index (χ2n) is 6.97. The van der Waals surface area contributed by atoms with Crippen LogP contribution in [0.3, 0.4) is 0 Å². The van der Waals surface area contributed by atoms with Crippen LogP contribution in [0.15, 0.2) is 18.2 Å². The van der Waals surface area contributed by atoms with E-state index in [1.165, 1.54) is 4.90 Å². The summed E-state index contributed by atoms with van der Waals surface area (Å²) in [5.41, 5.74) is 7.49. The van der Waals surface area contributed by atoms with Gasteiger partial charge in [0.1, 0.15) is 17.9 Å². The van der Waals surface area contributed by atoms with Crippen LogP contribution in [-0.4, -0.2) is 40.8 Å². The van der Waals surface area contributed by atoms with Gasteiger partial charge < -0.3 is 15.4 Å². The molecule has 0 aromatic heterocycles. The molecule has 3 N–H and O–H groups in total. The lowest BCUT2D eigenvalue weighted by molar-refractivity contribution is -0.136. The molecule has 132 valence electrons. The molecular formula is C18H21N3O4. The number of carbonyl (C=O) groups excluding carboxylic acids is 3. The van der Waals surface area contributed by atoms with Crippen molar-refractivity contribution in [3.8, 4) is 5.75 Å². The van der Waals surface area contributed by atoms with E-state index in [4.69, 9.17) is 10.5 Å². The SMILES string of the molecule is N[C@H]1CCC[C@@H]1Oc1ccc2c(c1)CN(C1CCC(=O)NC1=O)C2=O. The van der Waals surface area contributed by atoms with Crippen LogP contribution in [0.5, 0.6) is 5.75 Å². The molecule has 1 aromatic rings. The molecule has 1 saturated heterocycles. The first kappa shape index (κ1) is 16.1. The fourth-order valence-electron chi connectivity index (χ4n) is 3.90. The Hall–Kier alpha value is -2.41. The molecule has 3 aliphatic rings. The number of nitrogens with zero attached hydrogens (tertiary/aromatic N) is 1. The molecular weight excluding hydrogens is 322 g/mol. The molecule has 1 saturated carbocycles. The standard InChI is InChI=1S/C18H21N3O4/c19-13-2-1-3-15(13)25-11-4-5-12-10(8-11)9-21(18(12)24)14-6-7-16(22)20-17(14)23/h4-5,8,13-15H,1-3,6-7,9,19H2,(H,20,22,23)/t13-,14?,15-/m0/s1. The van der Waals surface area contributed by atoms with Crippen molar-refractivity contribution in [3.05, 3.63) is 29.3 Å². The normalized spacial score (nSPS) is 28.9. The van der Waals surface area contributed by atoms with E-state index < -0.39 is 11.9 Å². The third-order valence-electron chi connectivity index (χ3n) is 5.29. The summed E-state index contributed by atoms with van der Waals surface area (Å²) in [5.74, 6) is -0.146. The number of amides is 3. The van der Waals surface area contributed by atoms with Crippen LogP contribution in [-0.2, 0) is 16.1 Å². The summed E-state index contributed by atoms with van der Waals surface area (Å²) >= 11 is 0. The molecule has 2 fully saturated rings. The van der Waals surface area contributed by atoms with Gasteiger partial charge in [-0.2, -0.15) is 0 Å². The summed E-state index contributed by atoms with van der Waals surface area (Å²) in [5, 5.41) is 2.31. The van der Waals surface area contributed by atoms with E-state index in [0.717, 1.165) is 24.8 Å². The lowest BCUT2D eigenvalue weighted by atomic mass is 10.0. The van der Waals surface area contributed by atoms with Gasteiger partial charge in [-0.1, -0.05) is 0 Å². The monoisotopic (exact) mass is 343 g/mol. The van der Waals surface area contributed by atoms with Crippen LogP contribution in [0, 0.1) is 0 Å². The molecule has 2 aliphatic heterocycles. The minimum absolute atomic E-state index is 0.0152. The number of rotatable bonds is 3. The van der Waals surface area contributed by atoms with E-state index in [1.807, 2.05) is 6.07 Å². The highest BCUT2D eigenvalue weighted by Gasteiger charge is 2.39. The smallest absolute Gasteiger partial charge is 0.255 e. The van der Waals surface area contributed by atoms with Crippen LogP contribution in [0.25, 0.3) is 0 Å². The quantitative estimate of drug-likeness (QED) is 0.787. The molecule has 0 bridgehead atoms. The maximum atomic E-state index is 12.6. The third-order valence-corrected chi connectivity index (χ3v) is 5.29. The number of hydrogen-bond acceptors (Lipinski definition) is 5. The zero-order chi connectivity index (χ0) is 17.6. The predicted octanol–water partition coefficient (Wildman–Crippen LogP) is 0.706. The van der Waals surface area contributed by atoms with E-state index in [1.54, 1.807) is 12.1 Å². The molecule has 1 aromatic carbocycles. The number of ether oxygens (including phenoxy) is 1. The lowest BCUT2D eigenvalue weighted by Gasteiger charge is -2.29. The first-order chi connectivity index (χ1) is 12.0. The number of benzene rings is 1. The number of nitrogens with two attached hydrogens (primary N) is 1. The Bertz CT molecular complexity index is 748. The highest BCUT2D eigenvalue weighted by Crippen LogP contribution is 2.31. The number of piperidine rings is 1. The molecule has 0 radical (unpaired) electrons. The number of hydrogen-bond donors (Lipinski definition) is 2. The summed E-state index contributed by atoms with van der Waals surface area (Å²) in [6.07, 6.45) is 3.62. The molecule has 7 nitrogen and oxygen atoms in total. The van der Waals surface area contributed by atoms with Crippen molar-refractivity contribution in [3.63, 3.8) is 0 Å². The van der Waals surface area contributed by atoms with Crippen molar-refractivity contribution in [1.29, 1.82) is 0 Å². The third kappa shape index (κ3) is 2.89. The van der Waals surface area contributed by atoms with E-state index in [2.05, 4.69) is 5.32 Å². The van der Waals surface area contributed by atoms with Crippen molar-refractivity contribution in [2.24, 2.45) is 5.73 Å². The zero-order valence-electron chi connectivity index (χ0n) is 13.9. The molecule has 2 heterocycles. The number of carbonyl (C=O) groups is 3. The predicted molar refractivity (Wildman–Crippen MR) is 88.7 cm³/mol. The van der Waals surface area contributed by atoms with E-state index >= 15 is 0 Å². The average molecular weight is 343 g/mol. The Morgan fingerprint density at radius 1 is 1.16 bits per heavy atom. The number of imide groups is 1. The molecule has 0 spiro atoms. The topological polar surface area (TPSA) is 102 Å². The fraction of sp³-hybridized carbons (Fsp3) is 0.500. The van der Waals surface area contributed by atoms with E-state index in [-0.39, 0.29) is 30.4 Å². The van der Waals surface area contributed by atoms with Crippen LogP contribution < -0.4 is 15.8 Å². The highest BCUT2D eigenvalue weighted by molar-refractivity contribution is 6.05. The molecule has 1 aliphatic carbocycles. The minimum atomic E-state index is -0.592. The largest absolute Gasteiger partial charge is 0.489 e. The van der Waals surface area contributed by atoms with Gasteiger partial charge in [-0.15, -0.1) is 0 Å². The summed E-state index contributed by atoms with van der Waals surface area (Å²) in [6, 6.07) is 4.86. The number of fused-ring (bicyclic) bond motifs is 1. The maximum Gasteiger partial charge on any atom is 0.255 e. The van der Waals surface area contributed by atoms with Crippen LogP contribution >= 0.6 is 0 Å². The van der Waals surface area contributed by atoms with Gasteiger partial charge in [0.25, 0.3) is 5.91 Å². The molecule has 1 unspecified atom stereocenters. The van der Waals surface area contributed by atoms with Crippen molar-refractivity contribution < 1.29 is 19.1 Å². The highest BCUT2D eigenvalue weighted by atomic mass is 16.5. The van der Waals surface area contributed by atoms with E-state index in [0.29, 0.717) is 24.3 Å². The van der Waals surface area contributed by atoms with Crippen molar-refractivity contribution in [2.45, 2.75) is 56.8 Å². The van der Waals surface area contributed by atoms with Gasteiger partial charge in [0.2, 0.25) is 11.8 Å². The maximum absolute atomic E-state index is 12.6. The second kappa shape index (κ2) is 6.15. The average Bonchev–Trinajstić information content (AvgIpc) is 3.12. The van der Waals surface area contributed by atoms with Gasteiger partial charge in [-0.25, -0.2) is 0 Å². The summed E-state index contributed by atoms with van der Waals surface area (Å²) in [7, 11) is 0. The van der Waals surface area contributed by atoms with Gasteiger partial charge in [0.05, 0.1) is 0 Å². The van der Waals surface area contributed by atoms with Crippen molar-refractivity contribution in [2.75, 3.05) is 0 Å². The number of nitrogens with one attached hydrogen (secondary N) is 1. The Balaban J connectivity index is 1.51. The first-order valence-electron chi connectivity index (χ1n) is 8.73. The zero-order valence-corrected chi connectivity index (χ0v) is 13.9. The first-order valence-corrected chi connectivity index (χ1v) is 8.73. The molecule has 7 heteroatoms. The summed E-state index contributed by atoms with van der Waals surface area (Å²) < 4.78 is 5.99. The van der Waals surface area contributed by atoms with Gasteiger partial charge in [-0.3, -0.25) is 19.7 Å². The van der Waals surface area contributed by atoms with Gasteiger partial charge in [0.15, 0.2) is 0 Å². The summed E-state index contributed by atoms with van der Waals surface area (Å²) in [6.45, 7) is 0.356. The van der Waals surface area contributed by atoms with Crippen molar-refractivity contribution in [1.82, 2.24) is 10.2 Å².